The molecule has 2 unspecified atom stereocenters. The number of carboxylic acids is 1. The van der Waals surface area contributed by atoms with Gasteiger partial charge in [-0.05, 0) is 30.0 Å². The Morgan fingerprint density at radius 2 is 1.70 bits per heavy atom. The lowest BCUT2D eigenvalue weighted by Crippen LogP contribution is -2.43. The van der Waals surface area contributed by atoms with Crippen molar-refractivity contribution in [1.82, 2.24) is 5.32 Å². The van der Waals surface area contributed by atoms with Crippen LogP contribution in [-0.2, 0) is 9.59 Å². The number of halogens is 1. The number of nitrogens with one attached hydrogen (secondary N) is 1. The molecular formula is C15H20FNO3. The number of hydrogen-bond donors (Lipinski definition) is 2. The van der Waals surface area contributed by atoms with Crippen LogP contribution in [0.4, 0.5) is 4.39 Å². The molecule has 0 heterocycles. The van der Waals surface area contributed by atoms with Crippen LogP contribution < -0.4 is 5.32 Å². The van der Waals surface area contributed by atoms with Gasteiger partial charge in [-0.25, -0.2) is 4.39 Å². The van der Waals surface area contributed by atoms with E-state index >= 15 is 0 Å². The SMILES string of the molecule is CC(NC(=O)C(C(=O)O)C(C)(C)C)c1ccc(F)cc1. The van der Waals surface area contributed by atoms with Gasteiger partial charge in [0.2, 0.25) is 5.91 Å². The van der Waals surface area contributed by atoms with Gasteiger partial charge >= 0.3 is 5.97 Å². The lowest BCUT2D eigenvalue weighted by atomic mass is 9.80. The Hall–Kier alpha value is -1.91. The van der Waals surface area contributed by atoms with Gasteiger partial charge in [0.1, 0.15) is 11.7 Å². The first-order valence-electron chi connectivity index (χ1n) is 6.41. The zero-order chi connectivity index (χ0) is 15.5. The molecule has 0 aliphatic carbocycles. The molecular weight excluding hydrogens is 261 g/mol. The summed E-state index contributed by atoms with van der Waals surface area (Å²) in [6.07, 6.45) is 0. The van der Waals surface area contributed by atoms with E-state index in [1.165, 1.54) is 12.1 Å². The first-order chi connectivity index (χ1) is 9.12. The van der Waals surface area contributed by atoms with Crippen LogP contribution >= 0.6 is 0 Å². The first kappa shape index (κ1) is 16.1. The molecule has 0 saturated heterocycles. The molecule has 0 spiro atoms. The van der Waals surface area contributed by atoms with Gasteiger partial charge in [0.05, 0.1) is 6.04 Å². The Balaban J connectivity index is 2.83. The van der Waals surface area contributed by atoms with Crippen LogP contribution in [-0.4, -0.2) is 17.0 Å². The van der Waals surface area contributed by atoms with Crippen molar-refractivity contribution < 1.29 is 19.1 Å². The van der Waals surface area contributed by atoms with Crippen LogP contribution in [0, 0.1) is 17.2 Å². The summed E-state index contributed by atoms with van der Waals surface area (Å²) in [6.45, 7) is 6.84. The highest BCUT2D eigenvalue weighted by molar-refractivity contribution is 5.97. The molecule has 1 aromatic rings. The minimum absolute atomic E-state index is 0.356. The molecule has 2 N–H and O–H groups in total. The molecule has 0 aromatic heterocycles. The average Bonchev–Trinajstić information content (AvgIpc) is 2.26. The van der Waals surface area contributed by atoms with E-state index in [2.05, 4.69) is 5.32 Å². The van der Waals surface area contributed by atoms with Crippen LogP contribution in [0.15, 0.2) is 24.3 Å². The molecule has 0 aliphatic rings. The summed E-state index contributed by atoms with van der Waals surface area (Å²) in [4.78, 5) is 23.4. The third-order valence-electron chi connectivity index (χ3n) is 3.10. The molecule has 5 heteroatoms. The van der Waals surface area contributed by atoms with Crippen molar-refractivity contribution in [2.75, 3.05) is 0 Å². The molecule has 2 atom stereocenters. The Morgan fingerprint density at radius 1 is 1.20 bits per heavy atom. The highest BCUT2D eigenvalue weighted by Crippen LogP contribution is 2.27. The maximum atomic E-state index is 12.8. The number of aliphatic carboxylic acids is 1. The first-order valence-corrected chi connectivity index (χ1v) is 6.41. The second-order valence-electron chi connectivity index (χ2n) is 5.92. The second kappa shape index (κ2) is 6.03. The zero-order valence-corrected chi connectivity index (χ0v) is 12.1. The van der Waals surface area contributed by atoms with Crippen molar-refractivity contribution in [3.05, 3.63) is 35.6 Å². The van der Waals surface area contributed by atoms with Gasteiger partial charge in [-0.2, -0.15) is 0 Å². The van der Waals surface area contributed by atoms with Crippen molar-refractivity contribution in [1.29, 1.82) is 0 Å². The van der Waals surface area contributed by atoms with Gasteiger partial charge in [-0.3, -0.25) is 9.59 Å². The predicted molar refractivity (Wildman–Crippen MR) is 73.5 cm³/mol. The number of amides is 1. The van der Waals surface area contributed by atoms with E-state index in [0.29, 0.717) is 0 Å². The number of carbonyl (C=O) groups is 2. The van der Waals surface area contributed by atoms with Gasteiger partial charge in [0, 0.05) is 0 Å². The van der Waals surface area contributed by atoms with Gasteiger partial charge in [0.25, 0.3) is 0 Å². The van der Waals surface area contributed by atoms with Crippen molar-refractivity contribution in [2.45, 2.75) is 33.7 Å². The summed E-state index contributed by atoms with van der Waals surface area (Å²) in [5.41, 5.74) is 0.0381. The number of carboxylic acid groups (broad SMARTS) is 1. The molecule has 4 nitrogen and oxygen atoms in total. The minimum atomic E-state index is -1.15. The minimum Gasteiger partial charge on any atom is -0.481 e. The van der Waals surface area contributed by atoms with Gasteiger partial charge in [0.15, 0.2) is 0 Å². The van der Waals surface area contributed by atoms with Gasteiger partial charge in [-0.1, -0.05) is 32.9 Å². The van der Waals surface area contributed by atoms with E-state index in [1.807, 2.05) is 0 Å². The van der Waals surface area contributed by atoms with Crippen LogP contribution in [0.1, 0.15) is 39.3 Å². The molecule has 1 aromatic carbocycles. The van der Waals surface area contributed by atoms with Crippen molar-refractivity contribution >= 4 is 11.9 Å². The van der Waals surface area contributed by atoms with Crippen LogP contribution in [0.25, 0.3) is 0 Å². The van der Waals surface area contributed by atoms with Crippen molar-refractivity contribution in [3.8, 4) is 0 Å². The molecule has 110 valence electrons. The molecule has 0 saturated carbocycles. The van der Waals surface area contributed by atoms with E-state index in [-0.39, 0.29) is 11.9 Å². The summed E-state index contributed by atoms with van der Waals surface area (Å²) < 4.78 is 12.8. The Labute approximate surface area is 118 Å². The third-order valence-corrected chi connectivity index (χ3v) is 3.10. The molecule has 0 bridgehead atoms. The fourth-order valence-electron chi connectivity index (χ4n) is 2.01. The number of carbonyl (C=O) groups excluding carboxylic acids is 1. The normalized spacial score (nSPS) is 14.4. The summed E-state index contributed by atoms with van der Waals surface area (Å²) >= 11 is 0. The van der Waals surface area contributed by atoms with Gasteiger partial charge in [-0.15, -0.1) is 0 Å². The second-order valence-corrected chi connectivity index (χ2v) is 5.92. The molecule has 0 aliphatic heterocycles. The molecule has 1 amide bonds. The van der Waals surface area contributed by atoms with Crippen molar-refractivity contribution in [3.63, 3.8) is 0 Å². The number of benzene rings is 1. The van der Waals surface area contributed by atoms with E-state index in [0.717, 1.165) is 5.56 Å². The van der Waals surface area contributed by atoms with E-state index in [4.69, 9.17) is 0 Å². The maximum absolute atomic E-state index is 12.8. The highest BCUT2D eigenvalue weighted by Gasteiger charge is 2.38. The highest BCUT2D eigenvalue weighted by atomic mass is 19.1. The monoisotopic (exact) mass is 281 g/mol. The van der Waals surface area contributed by atoms with Crippen molar-refractivity contribution in [2.24, 2.45) is 11.3 Å². The van der Waals surface area contributed by atoms with Crippen LogP contribution in [0.5, 0.6) is 0 Å². The van der Waals surface area contributed by atoms with E-state index < -0.39 is 23.2 Å². The summed E-state index contributed by atoms with van der Waals surface area (Å²) in [7, 11) is 0. The Morgan fingerprint density at radius 3 is 2.10 bits per heavy atom. The standard InChI is InChI=1S/C15H20FNO3/c1-9(10-5-7-11(16)8-6-10)17-13(18)12(14(19)20)15(2,3)4/h5-9,12H,1-4H3,(H,17,18)(H,19,20). The fraction of sp³-hybridized carbons (Fsp3) is 0.467. The molecule has 20 heavy (non-hydrogen) atoms. The topological polar surface area (TPSA) is 66.4 Å². The zero-order valence-electron chi connectivity index (χ0n) is 12.1. The van der Waals surface area contributed by atoms with Gasteiger partial charge < -0.3 is 10.4 Å². The predicted octanol–water partition coefficient (Wildman–Crippen LogP) is 2.75. The third kappa shape index (κ3) is 4.05. The summed E-state index contributed by atoms with van der Waals surface area (Å²) in [5.74, 6) is -3.18. The summed E-state index contributed by atoms with van der Waals surface area (Å²) in [6, 6.07) is 5.35. The number of rotatable bonds is 4. The Kier molecular flexibility index (Phi) is 4.87. The lowest BCUT2D eigenvalue weighted by Gasteiger charge is -2.27. The van der Waals surface area contributed by atoms with Crippen LogP contribution in [0.3, 0.4) is 0 Å². The maximum Gasteiger partial charge on any atom is 0.316 e. The van der Waals surface area contributed by atoms with Crippen LogP contribution in [0.2, 0.25) is 0 Å². The average molecular weight is 281 g/mol. The Bertz CT molecular complexity index is 491. The molecule has 0 fully saturated rings. The quantitative estimate of drug-likeness (QED) is 0.834. The number of hydrogen-bond acceptors (Lipinski definition) is 2. The lowest BCUT2D eigenvalue weighted by molar-refractivity contribution is -0.151. The molecule has 0 radical (unpaired) electrons. The summed E-state index contributed by atoms with van der Waals surface area (Å²) in [5, 5.41) is 11.9. The van der Waals surface area contributed by atoms with E-state index in [9.17, 15) is 19.1 Å². The van der Waals surface area contributed by atoms with E-state index in [1.54, 1.807) is 39.8 Å². The smallest absolute Gasteiger partial charge is 0.316 e. The fourth-order valence-corrected chi connectivity index (χ4v) is 2.01. The largest absolute Gasteiger partial charge is 0.481 e. The molecule has 1 rings (SSSR count).